The van der Waals surface area contributed by atoms with Gasteiger partial charge in [-0.25, -0.2) is 4.98 Å². The number of phenolic OH excluding ortho intramolecular Hbond substituents is 1. The zero-order valence-electron chi connectivity index (χ0n) is 14.6. The molecule has 1 aromatic heterocycles. The van der Waals surface area contributed by atoms with Gasteiger partial charge in [-0.1, -0.05) is 26.8 Å². The van der Waals surface area contributed by atoms with Gasteiger partial charge < -0.3 is 9.52 Å². The summed E-state index contributed by atoms with van der Waals surface area (Å²) in [6.07, 6.45) is 3.17. The Morgan fingerprint density at radius 1 is 1.38 bits per heavy atom. The lowest BCUT2D eigenvalue weighted by molar-refractivity contribution is 0.0755. The average Bonchev–Trinajstić information content (AvgIpc) is 3.09. The summed E-state index contributed by atoms with van der Waals surface area (Å²) in [4.78, 5) is 17.6. The van der Waals surface area contributed by atoms with Crippen LogP contribution in [0.4, 0.5) is 0 Å². The fourth-order valence-electron chi connectivity index (χ4n) is 4.95. The largest absolute Gasteiger partial charge is 0.507 e. The molecule has 1 aromatic carbocycles. The zero-order chi connectivity index (χ0) is 17.2. The lowest BCUT2D eigenvalue weighted by Gasteiger charge is -2.34. The second-order valence-electron chi connectivity index (χ2n) is 7.95. The molecule has 24 heavy (non-hydrogen) atoms. The molecule has 1 saturated carbocycles. The van der Waals surface area contributed by atoms with Crippen molar-refractivity contribution in [2.24, 2.45) is 17.3 Å². The molecular weight excluding hydrogens is 302 g/mol. The SMILES string of the molecule is Cc1cc(O)c2c(c1)[C@H]1[C@@H](C(C)C)CC[C@@]1(C)C(=O)c1ocnc1-2. The van der Waals surface area contributed by atoms with E-state index in [0.717, 1.165) is 24.0 Å². The summed E-state index contributed by atoms with van der Waals surface area (Å²) in [6, 6.07) is 3.86. The maximum Gasteiger partial charge on any atom is 0.206 e. The third-order valence-electron chi connectivity index (χ3n) is 6.12. The molecule has 1 heterocycles. The van der Waals surface area contributed by atoms with Gasteiger partial charge in [0.1, 0.15) is 11.4 Å². The molecule has 4 nitrogen and oxygen atoms in total. The number of rotatable bonds is 1. The van der Waals surface area contributed by atoms with E-state index in [1.165, 1.54) is 6.39 Å². The summed E-state index contributed by atoms with van der Waals surface area (Å²) in [7, 11) is 0. The van der Waals surface area contributed by atoms with Crippen molar-refractivity contribution >= 4 is 5.78 Å². The van der Waals surface area contributed by atoms with E-state index in [1.54, 1.807) is 6.07 Å². The lowest BCUT2D eigenvalue weighted by atomic mass is 9.68. The molecule has 2 aliphatic rings. The van der Waals surface area contributed by atoms with Gasteiger partial charge >= 0.3 is 0 Å². The van der Waals surface area contributed by atoms with Crippen LogP contribution in [0.15, 0.2) is 22.9 Å². The number of nitrogens with zero attached hydrogens (tertiary/aromatic N) is 1. The standard InChI is InChI=1S/C20H23NO3/c1-10(2)12-5-6-20(4)16(12)13-7-11(3)8-14(22)15(13)17-18(19(20)23)24-9-21-17/h7-10,12,16,22H,5-6H2,1-4H3/t12-,16-,20-/m1/s1. The monoisotopic (exact) mass is 325 g/mol. The number of hydrogen-bond acceptors (Lipinski definition) is 4. The molecule has 4 heteroatoms. The van der Waals surface area contributed by atoms with E-state index in [4.69, 9.17) is 4.42 Å². The summed E-state index contributed by atoms with van der Waals surface area (Å²) in [5, 5.41) is 10.6. The van der Waals surface area contributed by atoms with Crippen LogP contribution in [0.25, 0.3) is 11.3 Å². The minimum absolute atomic E-state index is 0.0244. The Hall–Kier alpha value is -2.10. The molecular formula is C20H23NO3. The maximum absolute atomic E-state index is 13.3. The molecule has 3 atom stereocenters. The number of ketones is 1. The minimum atomic E-state index is -0.505. The minimum Gasteiger partial charge on any atom is -0.507 e. The normalized spacial score (nSPS) is 28.5. The average molecular weight is 325 g/mol. The number of Topliss-reactive ketones (excluding diaryl/α,β-unsaturated/α-hetero) is 1. The first-order chi connectivity index (χ1) is 11.3. The summed E-state index contributed by atoms with van der Waals surface area (Å²) in [5.74, 6) is 1.46. The smallest absolute Gasteiger partial charge is 0.206 e. The molecule has 0 saturated heterocycles. The number of phenols is 1. The lowest BCUT2D eigenvalue weighted by Crippen LogP contribution is -2.32. The first-order valence-electron chi connectivity index (χ1n) is 8.66. The van der Waals surface area contributed by atoms with Crippen molar-refractivity contribution in [3.63, 3.8) is 0 Å². The molecule has 126 valence electrons. The van der Waals surface area contributed by atoms with Crippen LogP contribution in [0.5, 0.6) is 5.75 Å². The van der Waals surface area contributed by atoms with E-state index in [0.29, 0.717) is 28.9 Å². The third kappa shape index (κ3) is 1.86. The summed E-state index contributed by atoms with van der Waals surface area (Å²) >= 11 is 0. The van der Waals surface area contributed by atoms with Crippen LogP contribution in [0.3, 0.4) is 0 Å². The van der Waals surface area contributed by atoms with Crippen LogP contribution in [-0.2, 0) is 0 Å². The topological polar surface area (TPSA) is 63.3 Å². The van der Waals surface area contributed by atoms with Crippen molar-refractivity contribution in [1.82, 2.24) is 4.98 Å². The van der Waals surface area contributed by atoms with Gasteiger partial charge in [0, 0.05) is 16.9 Å². The molecule has 0 unspecified atom stereocenters. The van der Waals surface area contributed by atoms with Gasteiger partial charge in [-0.3, -0.25) is 4.79 Å². The first kappa shape index (κ1) is 15.4. The van der Waals surface area contributed by atoms with Gasteiger partial charge in [0.15, 0.2) is 12.2 Å². The number of aromatic nitrogens is 1. The molecule has 0 radical (unpaired) electrons. The van der Waals surface area contributed by atoms with Crippen LogP contribution >= 0.6 is 0 Å². The molecule has 2 aliphatic carbocycles. The van der Waals surface area contributed by atoms with Gasteiger partial charge in [0.25, 0.3) is 0 Å². The number of hydrogen-bond donors (Lipinski definition) is 1. The maximum atomic E-state index is 13.3. The Balaban J connectivity index is 2.09. The molecule has 2 aromatic rings. The Morgan fingerprint density at radius 3 is 2.83 bits per heavy atom. The number of benzene rings is 1. The van der Waals surface area contributed by atoms with E-state index in [1.807, 2.05) is 6.92 Å². The van der Waals surface area contributed by atoms with E-state index in [-0.39, 0.29) is 17.5 Å². The number of carbonyl (C=O) groups is 1. The van der Waals surface area contributed by atoms with Crippen molar-refractivity contribution in [3.8, 4) is 17.0 Å². The van der Waals surface area contributed by atoms with Gasteiger partial charge in [-0.2, -0.15) is 0 Å². The molecule has 0 aliphatic heterocycles. The van der Waals surface area contributed by atoms with Crippen LogP contribution in [-0.4, -0.2) is 15.9 Å². The summed E-state index contributed by atoms with van der Waals surface area (Å²) < 4.78 is 5.49. The highest BCUT2D eigenvalue weighted by Gasteiger charge is 2.55. The quantitative estimate of drug-likeness (QED) is 0.825. The van der Waals surface area contributed by atoms with Crippen molar-refractivity contribution in [2.45, 2.75) is 46.5 Å². The predicted octanol–water partition coefficient (Wildman–Crippen LogP) is 4.71. The third-order valence-corrected chi connectivity index (χ3v) is 6.12. The summed E-state index contributed by atoms with van der Waals surface area (Å²) in [6.45, 7) is 8.48. The zero-order valence-corrected chi connectivity index (χ0v) is 14.6. The van der Waals surface area contributed by atoms with Gasteiger partial charge in [-0.15, -0.1) is 0 Å². The fraction of sp³-hybridized carbons (Fsp3) is 0.500. The second-order valence-corrected chi connectivity index (χ2v) is 7.95. The highest BCUT2D eigenvalue weighted by atomic mass is 16.3. The molecule has 0 bridgehead atoms. The van der Waals surface area contributed by atoms with Crippen LogP contribution in [0.1, 0.15) is 61.2 Å². The van der Waals surface area contributed by atoms with Crippen molar-refractivity contribution in [3.05, 3.63) is 35.4 Å². The van der Waals surface area contributed by atoms with Crippen LogP contribution in [0.2, 0.25) is 0 Å². The van der Waals surface area contributed by atoms with E-state index in [9.17, 15) is 9.90 Å². The molecule has 4 rings (SSSR count). The van der Waals surface area contributed by atoms with E-state index >= 15 is 0 Å². The predicted molar refractivity (Wildman–Crippen MR) is 91.1 cm³/mol. The van der Waals surface area contributed by atoms with Crippen molar-refractivity contribution in [1.29, 1.82) is 0 Å². The van der Waals surface area contributed by atoms with Crippen molar-refractivity contribution < 1.29 is 14.3 Å². The Kier molecular flexibility index (Phi) is 3.18. The van der Waals surface area contributed by atoms with Crippen LogP contribution < -0.4 is 0 Å². The number of aromatic hydroxyl groups is 1. The Morgan fingerprint density at radius 2 is 2.12 bits per heavy atom. The van der Waals surface area contributed by atoms with E-state index in [2.05, 4.69) is 31.8 Å². The highest BCUT2D eigenvalue weighted by Crippen LogP contribution is 2.60. The fourth-order valence-corrected chi connectivity index (χ4v) is 4.95. The van der Waals surface area contributed by atoms with Crippen LogP contribution in [0, 0.1) is 24.2 Å². The van der Waals surface area contributed by atoms with E-state index < -0.39 is 5.41 Å². The summed E-state index contributed by atoms with van der Waals surface area (Å²) in [5.41, 5.74) is 2.72. The molecule has 0 amide bonds. The highest BCUT2D eigenvalue weighted by molar-refractivity contribution is 6.05. The number of oxazole rings is 1. The molecule has 0 spiro atoms. The number of aryl methyl sites for hydroxylation is 1. The molecule has 1 fully saturated rings. The van der Waals surface area contributed by atoms with Gasteiger partial charge in [0.2, 0.25) is 5.78 Å². The van der Waals surface area contributed by atoms with Crippen molar-refractivity contribution in [2.75, 3.05) is 0 Å². The first-order valence-corrected chi connectivity index (χ1v) is 8.66. The Labute approximate surface area is 141 Å². The number of carbonyl (C=O) groups excluding carboxylic acids is 1. The van der Waals surface area contributed by atoms with Gasteiger partial charge in [-0.05, 0) is 48.8 Å². The second kappa shape index (κ2) is 4.95. The Bertz CT molecular complexity index is 835. The van der Waals surface area contributed by atoms with Gasteiger partial charge in [0.05, 0.1) is 0 Å². The number of fused-ring (bicyclic) bond motifs is 5. The molecule has 1 N–H and O–H groups in total.